The van der Waals surface area contributed by atoms with E-state index in [9.17, 15) is 0 Å². The molecule has 0 fully saturated rings. The van der Waals surface area contributed by atoms with Crippen LogP contribution in [0.2, 0.25) is 0 Å². The van der Waals surface area contributed by atoms with Crippen LogP contribution >= 0.6 is 7.92 Å². The number of methoxy groups -OCH3 is 3. The molecule has 136 valence electrons. The monoisotopic (exact) mass is 458 g/mol. The summed E-state index contributed by atoms with van der Waals surface area (Å²) in [6.45, 7) is 0. The molecule has 26 heavy (non-hydrogen) atoms. The van der Waals surface area contributed by atoms with Crippen LogP contribution in [0.25, 0.3) is 0 Å². The van der Waals surface area contributed by atoms with E-state index in [0.29, 0.717) is 0 Å². The molecule has 3 nitrogen and oxygen atoms in total. The molecule has 0 aromatic heterocycles. The summed E-state index contributed by atoms with van der Waals surface area (Å²) in [7, 11) is 4.39. The molecule has 0 radical (unpaired) electrons. The van der Waals surface area contributed by atoms with Gasteiger partial charge in [-0.3, -0.25) is 0 Å². The van der Waals surface area contributed by atoms with Gasteiger partial charge in [-0.25, -0.2) is 0 Å². The van der Waals surface area contributed by atoms with Gasteiger partial charge in [0, 0.05) is 0 Å². The van der Waals surface area contributed by atoms with Crippen LogP contribution in [-0.4, -0.2) is 21.3 Å². The molecule has 0 N–H and O–H groups in total. The van der Waals surface area contributed by atoms with Crippen molar-refractivity contribution in [3.8, 4) is 17.2 Å². The van der Waals surface area contributed by atoms with Crippen molar-refractivity contribution in [3.05, 3.63) is 72.8 Å². The third kappa shape index (κ3) is 4.65. The molecule has 5 heteroatoms. The Morgan fingerprint density at radius 1 is 0.462 bits per heavy atom. The van der Waals surface area contributed by atoms with E-state index in [-0.39, 0.29) is 20.4 Å². The molecule has 0 amide bonds. The maximum Gasteiger partial charge on any atom is 2.00 e. The summed E-state index contributed by atoms with van der Waals surface area (Å²) in [6.07, 6.45) is 0. The van der Waals surface area contributed by atoms with Gasteiger partial charge in [-0.2, -0.15) is 0 Å². The summed E-state index contributed by atoms with van der Waals surface area (Å²) < 4.78 is 15.9. The minimum atomic E-state index is -0.665. The number of hydrogen-bond acceptors (Lipinski definition) is 3. The summed E-state index contributed by atoms with van der Waals surface area (Å²) >= 11 is 0. The Kier molecular flexibility index (Phi) is 7.67. The largest absolute Gasteiger partial charge is 2.00 e. The normalized spacial score (nSPS) is 10.2. The van der Waals surface area contributed by atoms with Gasteiger partial charge < -0.3 is 14.2 Å². The fourth-order valence-corrected chi connectivity index (χ4v) is 4.88. The molecular weight excluding hydrogens is 438 g/mol. The van der Waals surface area contributed by atoms with E-state index >= 15 is 0 Å². The van der Waals surface area contributed by atoms with E-state index in [1.165, 1.54) is 15.9 Å². The topological polar surface area (TPSA) is 27.7 Å². The molecule has 0 aliphatic rings. The molecule has 0 spiro atoms. The van der Waals surface area contributed by atoms with Gasteiger partial charge in [-0.15, -0.1) is 0 Å². The maximum atomic E-state index is 5.30. The molecule has 0 atom stereocenters. The average molecular weight is 459 g/mol. The molecule has 0 aliphatic carbocycles. The van der Waals surface area contributed by atoms with Gasteiger partial charge in [-0.05, 0) is 60.2 Å². The van der Waals surface area contributed by atoms with Crippen molar-refractivity contribution in [1.82, 2.24) is 0 Å². The summed E-state index contributed by atoms with van der Waals surface area (Å²) in [6, 6.07) is 24.9. The standard InChI is InChI=1S/C21H21O3P.Pd/c1-22-16-4-10-19(11-5-16)25(20-12-6-17(23-2)7-13-20)21-14-8-18(24-3)9-15-21;/h4-15H,1-3H3;/q;+2. The Morgan fingerprint density at radius 3 is 0.885 bits per heavy atom. The van der Waals surface area contributed by atoms with Crippen LogP contribution in [0.3, 0.4) is 0 Å². The number of rotatable bonds is 6. The second-order valence-corrected chi connectivity index (χ2v) is 7.65. The fourth-order valence-electron chi connectivity index (χ4n) is 2.64. The van der Waals surface area contributed by atoms with Crippen LogP contribution in [0, 0.1) is 0 Å². The van der Waals surface area contributed by atoms with E-state index in [1.807, 2.05) is 36.4 Å². The van der Waals surface area contributed by atoms with Gasteiger partial charge in [0.05, 0.1) is 21.3 Å². The van der Waals surface area contributed by atoms with Crippen LogP contribution in [0.1, 0.15) is 0 Å². The maximum absolute atomic E-state index is 5.30. The minimum absolute atomic E-state index is 0. The Balaban J connectivity index is 0.00000243. The molecule has 3 aromatic carbocycles. The van der Waals surface area contributed by atoms with E-state index < -0.39 is 7.92 Å². The van der Waals surface area contributed by atoms with Crippen molar-refractivity contribution >= 4 is 23.8 Å². The molecule has 0 saturated carbocycles. The zero-order chi connectivity index (χ0) is 17.6. The van der Waals surface area contributed by atoms with Crippen LogP contribution in [0.5, 0.6) is 17.2 Å². The van der Waals surface area contributed by atoms with Crippen LogP contribution < -0.4 is 30.1 Å². The first-order valence-corrected chi connectivity index (χ1v) is 9.31. The SMILES string of the molecule is COc1ccc(P(c2ccc(OC)cc2)c2ccc(OC)cc2)cc1.[Pd+2]. The first-order valence-electron chi connectivity index (χ1n) is 7.97. The molecule has 3 aromatic rings. The third-order valence-corrected chi connectivity index (χ3v) is 6.44. The quantitative estimate of drug-likeness (QED) is 0.418. The Hall–Kier alpha value is -1.85. The minimum Gasteiger partial charge on any atom is -0.497 e. The summed E-state index contributed by atoms with van der Waals surface area (Å²) in [5.41, 5.74) is 0. The van der Waals surface area contributed by atoms with Gasteiger partial charge in [-0.1, -0.05) is 36.4 Å². The molecular formula is C21H21O3PPd+2. The van der Waals surface area contributed by atoms with Gasteiger partial charge in [0.2, 0.25) is 0 Å². The number of ether oxygens (including phenoxy) is 3. The molecule has 0 bridgehead atoms. The van der Waals surface area contributed by atoms with Gasteiger partial charge >= 0.3 is 20.4 Å². The smallest absolute Gasteiger partial charge is 0.497 e. The van der Waals surface area contributed by atoms with Crippen LogP contribution in [0.15, 0.2) is 72.8 Å². The predicted octanol–water partition coefficient (Wildman–Crippen LogP) is 3.47. The fraction of sp³-hybridized carbons (Fsp3) is 0.143. The van der Waals surface area contributed by atoms with Gasteiger partial charge in [0.15, 0.2) is 0 Å². The first-order chi connectivity index (χ1) is 12.2. The number of hydrogen-bond donors (Lipinski definition) is 0. The molecule has 0 heterocycles. The Labute approximate surface area is 169 Å². The first kappa shape index (κ1) is 20.5. The Bertz CT molecular complexity index is 689. The van der Waals surface area contributed by atoms with E-state index in [4.69, 9.17) is 14.2 Å². The molecule has 0 saturated heterocycles. The average Bonchev–Trinajstić information content (AvgIpc) is 2.70. The van der Waals surface area contributed by atoms with Crippen LogP contribution in [-0.2, 0) is 20.4 Å². The summed E-state index contributed by atoms with van der Waals surface area (Å²) in [5, 5.41) is 3.81. The van der Waals surface area contributed by atoms with Crippen molar-refractivity contribution in [1.29, 1.82) is 0 Å². The molecule has 0 unspecified atom stereocenters. The van der Waals surface area contributed by atoms with E-state index in [0.717, 1.165) is 17.2 Å². The van der Waals surface area contributed by atoms with Gasteiger partial charge in [0.25, 0.3) is 0 Å². The second kappa shape index (κ2) is 9.74. The summed E-state index contributed by atoms with van der Waals surface area (Å²) in [4.78, 5) is 0. The predicted molar refractivity (Wildman–Crippen MR) is 105 cm³/mol. The summed E-state index contributed by atoms with van der Waals surface area (Å²) in [5.74, 6) is 2.59. The van der Waals surface area contributed by atoms with Crippen molar-refractivity contribution in [2.45, 2.75) is 0 Å². The number of benzene rings is 3. The van der Waals surface area contributed by atoms with Crippen molar-refractivity contribution in [3.63, 3.8) is 0 Å². The molecule has 0 aliphatic heterocycles. The van der Waals surface area contributed by atoms with Crippen molar-refractivity contribution in [2.75, 3.05) is 21.3 Å². The molecule has 3 rings (SSSR count). The van der Waals surface area contributed by atoms with E-state index in [2.05, 4.69) is 36.4 Å². The zero-order valence-corrected chi connectivity index (χ0v) is 17.4. The Morgan fingerprint density at radius 2 is 0.692 bits per heavy atom. The van der Waals surface area contributed by atoms with E-state index in [1.54, 1.807) is 21.3 Å². The van der Waals surface area contributed by atoms with Crippen LogP contribution in [0.4, 0.5) is 0 Å². The van der Waals surface area contributed by atoms with Crippen molar-refractivity contribution in [2.24, 2.45) is 0 Å². The van der Waals surface area contributed by atoms with Crippen molar-refractivity contribution < 1.29 is 34.6 Å². The second-order valence-electron chi connectivity index (χ2n) is 5.43. The third-order valence-electron chi connectivity index (χ3n) is 3.99. The zero-order valence-electron chi connectivity index (χ0n) is 14.9. The van der Waals surface area contributed by atoms with Gasteiger partial charge in [0.1, 0.15) is 17.2 Å².